The van der Waals surface area contributed by atoms with Crippen LogP contribution in [0.1, 0.15) is 65.8 Å². The van der Waals surface area contributed by atoms with Crippen molar-refractivity contribution in [2.24, 2.45) is 17.6 Å². The van der Waals surface area contributed by atoms with Gasteiger partial charge in [0.1, 0.15) is 6.04 Å². The van der Waals surface area contributed by atoms with Gasteiger partial charge in [-0.1, -0.05) is 30.3 Å². The van der Waals surface area contributed by atoms with Crippen molar-refractivity contribution in [1.82, 2.24) is 36.4 Å². The smallest absolute Gasteiger partial charge is 0.354 e. The first kappa shape index (κ1) is 42.9. The van der Waals surface area contributed by atoms with E-state index in [0.29, 0.717) is 36.6 Å². The van der Waals surface area contributed by atoms with E-state index in [1.807, 2.05) is 49.4 Å². The van der Waals surface area contributed by atoms with E-state index >= 15 is 0 Å². The number of anilines is 1. The summed E-state index contributed by atoms with van der Waals surface area (Å²) in [4.78, 5) is 55.2. The number of aryl methyl sites for hydroxylation is 1. The maximum absolute atomic E-state index is 14.5. The molecule has 0 spiro atoms. The third-order valence-electron chi connectivity index (χ3n) is 11.2. The van der Waals surface area contributed by atoms with Crippen molar-refractivity contribution in [3.05, 3.63) is 89.2 Å². The highest BCUT2D eigenvalue weighted by molar-refractivity contribution is 5.98. The minimum atomic E-state index is -5.11. The molecule has 59 heavy (non-hydrogen) atoms. The van der Waals surface area contributed by atoms with Gasteiger partial charge < -0.3 is 32.3 Å². The highest BCUT2D eigenvalue weighted by Gasteiger charge is 2.65. The standard InChI is InChI=1S/C42H49F4N9O4/c1-24-21-30(37(57)50-32-17-19-49-20-18-32)13-16-33(24)27-7-3-25(4-8-27)22-34(52-36(56)29-9-5-26(23-47)6-10-29)38(58)51-31-14-11-28(12-15-31)35-53-39(55-54-35)41(43,44)42(45,46)40(59)48-2/h3-4,7-8,11-16,21,26,29,32,34,49H,5-6,9-10,17-20,22-23,47H2,1-2H3,(H,48,59)(H,50,57)(H,51,58)(H,52,56)(H,53,54,55)/t26-,29-,34-/m0/s1. The number of amides is 4. The summed E-state index contributed by atoms with van der Waals surface area (Å²) >= 11 is 0. The third-order valence-corrected chi connectivity index (χ3v) is 11.2. The van der Waals surface area contributed by atoms with E-state index in [2.05, 4.69) is 36.4 Å². The molecule has 0 unspecified atom stereocenters. The van der Waals surface area contributed by atoms with Crippen LogP contribution in [0.4, 0.5) is 23.2 Å². The third kappa shape index (κ3) is 9.96. The lowest BCUT2D eigenvalue weighted by molar-refractivity contribution is -0.218. The SMILES string of the molecule is CNC(=O)C(F)(F)C(F)(F)c1n[nH]c(-c2ccc(NC(=O)[C@H](Cc3ccc(-c4ccc(C(=O)NC5CCNCC5)cc4C)cc3)NC(=O)[C@H]3CC[C@H](CN)CC3)cc2)n1. The van der Waals surface area contributed by atoms with Crippen molar-refractivity contribution in [1.29, 1.82) is 0 Å². The maximum atomic E-state index is 14.5. The van der Waals surface area contributed by atoms with Gasteiger partial charge in [-0.3, -0.25) is 24.3 Å². The van der Waals surface area contributed by atoms with Gasteiger partial charge in [-0.2, -0.15) is 22.7 Å². The molecule has 4 aromatic rings. The molecule has 13 nitrogen and oxygen atoms in total. The summed E-state index contributed by atoms with van der Waals surface area (Å²) < 4.78 is 57.4. The van der Waals surface area contributed by atoms with Crippen molar-refractivity contribution in [2.45, 2.75) is 75.8 Å². The predicted molar refractivity (Wildman–Crippen MR) is 213 cm³/mol. The van der Waals surface area contributed by atoms with E-state index in [4.69, 9.17) is 5.73 Å². The van der Waals surface area contributed by atoms with Crippen LogP contribution in [-0.4, -0.2) is 83.5 Å². The van der Waals surface area contributed by atoms with E-state index in [1.165, 1.54) is 29.6 Å². The van der Waals surface area contributed by atoms with Crippen LogP contribution in [0.25, 0.3) is 22.5 Å². The molecular weight excluding hydrogens is 771 g/mol. The second kappa shape index (κ2) is 18.5. The number of nitrogens with one attached hydrogen (secondary N) is 6. The number of halogens is 4. The summed E-state index contributed by atoms with van der Waals surface area (Å²) in [7, 11) is 0.806. The fourth-order valence-electron chi connectivity index (χ4n) is 7.49. The highest BCUT2D eigenvalue weighted by atomic mass is 19.3. The van der Waals surface area contributed by atoms with Gasteiger partial charge in [0.05, 0.1) is 0 Å². The zero-order valence-electron chi connectivity index (χ0n) is 32.8. The Morgan fingerprint density at radius 1 is 0.881 bits per heavy atom. The first-order chi connectivity index (χ1) is 28.2. The van der Waals surface area contributed by atoms with E-state index in [0.717, 1.165) is 68.1 Å². The molecule has 1 saturated heterocycles. The van der Waals surface area contributed by atoms with Crippen molar-refractivity contribution in [3.8, 4) is 22.5 Å². The summed E-state index contributed by atoms with van der Waals surface area (Å²) in [5.74, 6) is -14.9. The maximum Gasteiger partial charge on any atom is 0.393 e. The van der Waals surface area contributed by atoms with Gasteiger partial charge in [0.25, 0.3) is 11.8 Å². The molecule has 314 valence electrons. The number of carbonyl (C=O) groups is 4. The Hall–Kier alpha value is -5.68. The van der Waals surface area contributed by atoms with Crippen LogP contribution in [0.3, 0.4) is 0 Å². The zero-order valence-corrected chi connectivity index (χ0v) is 32.8. The topological polar surface area (TPSA) is 196 Å². The van der Waals surface area contributed by atoms with Gasteiger partial charge in [0.15, 0.2) is 5.82 Å². The Balaban J connectivity index is 1.15. The Kier molecular flexibility index (Phi) is 13.5. The number of hydrogen-bond acceptors (Lipinski definition) is 8. The molecule has 1 aliphatic heterocycles. The van der Waals surface area contributed by atoms with E-state index in [-0.39, 0.29) is 41.6 Å². The number of H-pyrrole nitrogens is 1. The van der Waals surface area contributed by atoms with Crippen molar-refractivity contribution in [3.63, 3.8) is 0 Å². The molecule has 1 aromatic heterocycles. The van der Waals surface area contributed by atoms with Gasteiger partial charge >= 0.3 is 11.8 Å². The average molecular weight is 820 g/mol. The summed E-state index contributed by atoms with van der Waals surface area (Å²) in [5.41, 5.74) is 10.5. The van der Waals surface area contributed by atoms with Crippen LogP contribution in [0.2, 0.25) is 0 Å². The molecule has 2 fully saturated rings. The van der Waals surface area contributed by atoms with Crippen molar-refractivity contribution >= 4 is 29.3 Å². The zero-order chi connectivity index (χ0) is 42.3. The Morgan fingerprint density at radius 3 is 2.17 bits per heavy atom. The van der Waals surface area contributed by atoms with Crippen molar-refractivity contribution in [2.75, 3.05) is 32.0 Å². The fourth-order valence-corrected chi connectivity index (χ4v) is 7.49. The summed E-state index contributed by atoms with van der Waals surface area (Å²) in [5, 5.41) is 19.1. The highest BCUT2D eigenvalue weighted by Crippen LogP contribution is 2.42. The normalized spacial score (nSPS) is 18.1. The number of carbonyl (C=O) groups excluding carboxylic acids is 4. The molecule has 0 bridgehead atoms. The number of aromatic amines is 1. The molecule has 8 N–H and O–H groups in total. The van der Waals surface area contributed by atoms with Gasteiger partial charge in [-0.15, -0.1) is 0 Å². The number of alkyl halides is 4. The van der Waals surface area contributed by atoms with Gasteiger partial charge in [-0.25, -0.2) is 4.98 Å². The molecule has 1 saturated carbocycles. The minimum Gasteiger partial charge on any atom is -0.354 e. The van der Waals surface area contributed by atoms with Crippen LogP contribution < -0.4 is 32.3 Å². The molecular formula is C42H49F4N9O4. The van der Waals surface area contributed by atoms with E-state index < -0.39 is 35.5 Å². The molecule has 1 aliphatic carbocycles. The largest absolute Gasteiger partial charge is 0.393 e. The summed E-state index contributed by atoms with van der Waals surface area (Å²) in [6.07, 6.45) is 4.92. The Bertz CT molecular complexity index is 2110. The average Bonchev–Trinajstić information content (AvgIpc) is 3.75. The number of benzene rings is 3. The lowest BCUT2D eigenvalue weighted by Crippen LogP contribution is -2.50. The minimum absolute atomic E-state index is 0.0990. The number of rotatable bonds is 14. The molecule has 3 aromatic carbocycles. The number of nitrogens with two attached hydrogens (primary N) is 1. The molecule has 0 radical (unpaired) electrons. The van der Waals surface area contributed by atoms with Crippen LogP contribution in [-0.2, 0) is 26.7 Å². The molecule has 6 rings (SSSR count). The molecule has 17 heteroatoms. The molecule has 1 atom stereocenters. The monoisotopic (exact) mass is 819 g/mol. The summed E-state index contributed by atoms with van der Waals surface area (Å²) in [6.45, 7) is 4.27. The van der Waals surface area contributed by atoms with Crippen LogP contribution >= 0.6 is 0 Å². The second-order valence-electron chi connectivity index (χ2n) is 15.2. The van der Waals surface area contributed by atoms with Crippen LogP contribution in [0.5, 0.6) is 0 Å². The van der Waals surface area contributed by atoms with E-state index in [9.17, 15) is 36.7 Å². The molecule has 2 aliphatic rings. The van der Waals surface area contributed by atoms with Crippen LogP contribution in [0, 0.1) is 18.8 Å². The number of nitrogens with zero attached hydrogens (tertiary/aromatic N) is 2. The molecule has 2 heterocycles. The van der Waals surface area contributed by atoms with Gasteiger partial charge in [0, 0.05) is 42.2 Å². The quantitative estimate of drug-likeness (QED) is 0.0879. The van der Waals surface area contributed by atoms with E-state index in [1.54, 1.807) is 0 Å². The van der Waals surface area contributed by atoms with Gasteiger partial charge in [-0.05, 0) is 130 Å². The molecule has 4 amide bonds. The second-order valence-corrected chi connectivity index (χ2v) is 15.2. The number of aromatic nitrogens is 3. The summed E-state index contributed by atoms with van der Waals surface area (Å²) in [6, 6.07) is 18.2. The number of piperidine rings is 1. The van der Waals surface area contributed by atoms with Crippen LogP contribution in [0.15, 0.2) is 66.7 Å². The Labute approximate surface area is 339 Å². The first-order valence-electron chi connectivity index (χ1n) is 19.7. The lowest BCUT2D eigenvalue weighted by Gasteiger charge is -2.28. The fraction of sp³-hybridized carbons (Fsp3) is 0.429. The van der Waals surface area contributed by atoms with Crippen molar-refractivity contribution < 1.29 is 36.7 Å². The lowest BCUT2D eigenvalue weighted by atomic mass is 9.81. The first-order valence-corrected chi connectivity index (χ1v) is 19.7. The number of hydrogen-bond donors (Lipinski definition) is 7. The van der Waals surface area contributed by atoms with Gasteiger partial charge in [0.2, 0.25) is 17.6 Å². The Morgan fingerprint density at radius 2 is 1.54 bits per heavy atom. The predicted octanol–water partition coefficient (Wildman–Crippen LogP) is 4.83.